The van der Waals surface area contributed by atoms with Crippen molar-refractivity contribution in [3.8, 4) is 0 Å². The molecule has 1 N–H and O–H groups in total. The van der Waals surface area contributed by atoms with Crippen molar-refractivity contribution in [3.05, 3.63) is 36.3 Å². The van der Waals surface area contributed by atoms with E-state index in [0.717, 1.165) is 37.5 Å². The van der Waals surface area contributed by atoms with Gasteiger partial charge in [0, 0.05) is 45.1 Å². The highest BCUT2D eigenvalue weighted by Gasteiger charge is 2.18. The van der Waals surface area contributed by atoms with Crippen LogP contribution >= 0.6 is 0 Å². The lowest BCUT2D eigenvalue weighted by molar-refractivity contribution is -0.132. The van der Waals surface area contributed by atoms with Gasteiger partial charge < -0.3 is 14.6 Å². The lowest BCUT2D eigenvalue weighted by atomic mass is 10.3. The standard InChI is InChI=1S/C15H21N5O/c1-18(12-15(21)19-8-5-16-6-9-19)10-13-11-20-7-3-2-4-14(20)17-13/h2-4,7,11,16H,5-6,8-10,12H2,1H3. The summed E-state index contributed by atoms with van der Waals surface area (Å²) in [7, 11) is 1.96. The number of fused-ring (bicyclic) bond motifs is 1. The second-order valence-corrected chi connectivity index (χ2v) is 5.50. The van der Waals surface area contributed by atoms with Crippen LogP contribution in [0.5, 0.6) is 0 Å². The van der Waals surface area contributed by atoms with E-state index in [1.807, 2.05) is 51.8 Å². The first-order valence-corrected chi connectivity index (χ1v) is 7.32. The molecule has 0 radical (unpaired) electrons. The highest BCUT2D eigenvalue weighted by atomic mass is 16.2. The van der Waals surface area contributed by atoms with Crippen molar-refractivity contribution in [2.45, 2.75) is 6.54 Å². The molecule has 0 bridgehead atoms. The molecule has 1 saturated heterocycles. The van der Waals surface area contributed by atoms with Crippen molar-refractivity contribution in [1.29, 1.82) is 0 Å². The topological polar surface area (TPSA) is 52.9 Å². The summed E-state index contributed by atoms with van der Waals surface area (Å²) >= 11 is 0. The van der Waals surface area contributed by atoms with Gasteiger partial charge >= 0.3 is 0 Å². The van der Waals surface area contributed by atoms with Crippen molar-refractivity contribution in [3.63, 3.8) is 0 Å². The SMILES string of the molecule is CN(CC(=O)N1CCNCC1)Cc1cn2ccccc2n1. The van der Waals surface area contributed by atoms with Crippen LogP contribution in [0.25, 0.3) is 5.65 Å². The van der Waals surface area contributed by atoms with Crippen LogP contribution in [0.2, 0.25) is 0 Å². The van der Waals surface area contributed by atoms with Gasteiger partial charge in [-0.05, 0) is 19.2 Å². The molecule has 2 aromatic rings. The zero-order chi connectivity index (χ0) is 14.7. The van der Waals surface area contributed by atoms with Gasteiger partial charge in [0.2, 0.25) is 5.91 Å². The first-order valence-electron chi connectivity index (χ1n) is 7.32. The third-order valence-electron chi connectivity index (χ3n) is 3.72. The Bertz CT molecular complexity index is 584. The average molecular weight is 287 g/mol. The van der Waals surface area contributed by atoms with E-state index >= 15 is 0 Å². The lowest BCUT2D eigenvalue weighted by Crippen LogP contribution is -2.49. The van der Waals surface area contributed by atoms with E-state index in [0.29, 0.717) is 13.1 Å². The number of amides is 1. The van der Waals surface area contributed by atoms with Gasteiger partial charge in [0.05, 0.1) is 12.2 Å². The predicted molar refractivity (Wildman–Crippen MR) is 81.0 cm³/mol. The number of likely N-dealkylation sites (N-methyl/N-ethyl adjacent to an activating group) is 1. The summed E-state index contributed by atoms with van der Waals surface area (Å²) in [5.74, 6) is 0.197. The Labute approximate surface area is 124 Å². The summed E-state index contributed by atoms with van der Waals surface area (Å²) in [5, 5.41) is 3.26. The number of piperazine rings is 1. The van der Waals surface area contributed by atoms with E-state index in [-0.39, 0.29) is 5.91 Å². The highest BCUT2D eigenvalue weighted by molar-refractivity contribution is 5.78. The van der Waals surface area contributed by atoms with Gasteiger partial charge in [-0.15, -0.1) is 0 Å². The second kappa shape index (κ2) is 6.24. The van der Waals surface area contributed by atoms with Crippen molar-refractivity contribution in [2.24, 2.45) is 0 Å². The van der Waals surface area contributed by atoms with E-state index in [9.17, 15) is 4.79 Å². The number of pyridine rings is 1. The lowest BCUT2D eigenvalue weighted by Gasteiger charge is -2.29. The first kappa shape index (κ1) is 14.0. The Hall–Kier alpha value is -1.92. The third kappa shape index (κ3) is 3.40. The van der Waals surface area contributed by atoms with Crippen molar-refractivity contribution >= 4 is 11.6 Å². The van der Waals surface area contributed by atoms with Crippen molar-refractivity contribution in [2.75, 3.05) is 39.8 Å². The van der Waals surface area contributed by atoms with Gasteiger partial charge in [-0.3, -0.25) is 9.69 Å². The summed E-state index contributed by atoms with van der Waals surface area (Å²) in [6, 6.07) is 5.94. The van der Waals surface area contributed by atoms with E-state index in [1.165, 1.54) is 0 Å². The Morgan fingerprint density at radius 3 is 2.95 bits per heavy atom. The molecule has 0 saturated carbocycles. The summed E-state index contributed by atoms with van der Waals surface area (Å²) in [5.41, 5.74) is 1.92. The number of nitrogens with one attached hydrogen (secondary N) is 1. The molecule has 0 unspecified atom stereocenters. The maximum Gasteiger partial charge on any atom is 0.236 e. The zero-order valence-electron chi connectivity index (χ0n) is 12.3. The molecule has 0 aromatic carbocycles. The number of aromatic nitrogens is 2. The molecule has 0 aliphatic carbocycles. The minimum atomic E-state index is 0.197. The molecule has 1 fully saturated rings. The molecule has 1 amide bonds. The number of hydrogen-bond acceptors (Lipinski definition) is 4. The molecule has 0 spiro atoms. The van der Waals surface area contributed by atoms with Crippen LogP contribution in [0.3, 0.4) is 0 Å². The largest absolute Gasteiger partial charge is 0.339 e. The van der Waals surface area contributed by atoms with Crippen LogP contribution in [-0.4, -0.2) is 64.9 Å². The molecule has 1 aliphatic rings. The van der Waals surface area contributed by atoms with Crippen LogP contribution in [-0.2, 0) is 11.3 Å². The Kier molecular flexibility index (Phi) is 4.17. The molecule has 6 nitrogen and oxygen atoms in total. The predicted octanol–water partition coefficient (Wildman–Crippen LogP) is 0.198. The Morgan fingerprint density at radius 2 is 2.19 bits per heavy atom. The van der Waals surface area contributed by atoms with Gasteiger partial charge in [-0.2, -0.15) is 0 Å². The minimum absolute atomic E-state index is 0.197. The van der Waals surface area contributed by atoms with Gasteiger partial charge in [0.1, 0.15) is 5.65 Å². The molecular weight excluding hydrogens is 266 g/mol. The van der Waals surface area contributed by atoms with E-state index in [4.69, 9.17) is 0 Å². The Balaban J connectivity index is 1.57. The van der Waals surface area contributed by atoms with Gasteiger partial charge in [0.25, 0.3) is 0 Å². The Morgan fingerprint density at radius 1 is 1.38 bits per heavy atom. The molecule has 112 valence electrons. The maximum absolute atomic E-state index is 12.2. The number of rotatable bonds is 4. The van der Waals surface area contributed by atoms with Crippen molar-refractivity contribution in [1.82, 2.24) is 24.5 Å². The molecule has 6 heteroatoms. The first-order chi connectivity index (χ1) is 10.2. The van der Waals surface area contributed by atoms with Gasteiger partial charge in [-0.25, -0.2) is 4.98 Å². The normalized spacial score (nSPS) is 15.8. The van der Waals surface area contributed by atoms with Crippen LogP contribution in [0.4, 0.5) is 0 Å². The van der Waals surface area contributed by atoms with E-state index in [1.54, 1.807) is 0 Å². The molecular formula is C15H21N5O. The number of carbonyl (C=O) groups is 1. The molecule has 3 rings (SSSR count). The molecule has 0 atom stereocenters. The van der Waals surface area contributed by atoms with Crippen molar-refractivity contribution < 1.29 is 4.79 Å². The van der Waals surface area contributed by atoms with Gasteiger partial charge in [0.15, 0.2) is 0 Å². The number of nitrogens with zero attached hydrogens (tertiary/aromatic N) is 4. The number of carbonyl (C=O) groups excluding carboxylic acids is 1. The summed E-state index contributed by atoms with van der Waals surface area (Å²) < 4.78 is 2.00. The van der Waals surface area contributed by atoms with Gasteiger partial charge in [-0.1, -0.05) is 6.07 Å². The molecule has 1 aliphatic heterocycles. The van der Waals surface area contributed by atoms with E-state index in [2.05, 4.69) is 10.3 Å². The van der Waals surface area contributed by atoms with Crippen LogP contribution in [0, 0.1) is 0 Å². The quantitative estimate of drug-likeness (QED) is 0.873. The molecule has 3 heterocycles. The minimum Gasteiger partial charge on any atom is -0.339 e. The van der Waals surface area contributed by atoms with Crippen LogP contribution in [0.1, 0.15) is 5.69 Å². The second-order valence-electron chi connectivity index (χ2n) is 5.50. The maximum atomic E-state index is 12.2. The number of hydrogen-bond donors (Lipinski definition) is 1. The molecule has 2 aromatic heterocycles. The zero-order valence-corrected chi connectivity index (χ0v) is 12.3. The fourth-order valence-electron chi connectivity index (χ4n) is 2.64. The summed E-state index contributed by atoms with van der Waals surface area (Å²) in [4.78, 5) is 20.7. The van der Waals surface area contributed by atoms with E-state index < -0.39 is 0 Å². The average Bonchev–Trinajstić information content (AvgIpc) is 2.90. The highest BCUT2D eigenvalue weighted by Crippen LogP contribution is 2.07. The fraction of sp³-hybridized carbons (Fsp3) is 0.467. The monoisotopic (exact) mass is 287 g/mol. The smallest absolute Gasteiger partial charge is 0.236 e. The summed E-state index contributed by atoms with van der Waals surface area (Å²) in [6.07, 6.45) is 4.00. The fourth-order valence-corrected chi connectivity index (χ4v) is 2.64. The summed E-state index contributed by atoms with van der Waals surface area (Å²) in [6.45, 7) is 4.51. The van der Waals surface area contributed by atoms with Crippen LogP contribution in [0.15, 0.2) is 30.6 Å². The third-order valence-corrected chi connectivity index (χ3v) is 3.72. The van der Waals surface area contributed by atoms with Crippen LogP contribution < -0.4 is 5.32 Å². The molecule has 21 heavy (non-hydrogen) atoms. The number of imidazole rings is 1.